The second kappa shape index (κ2) is 3.79. The van der Waals surface area contributed by atoms with Gasteiger partial charge in [0.1, 0.15) is 5.82 Å². The first-order valence-corrected chi connectivity index (χ1v) is 4.40. The van der Waals surface area contributed by atoms with Crippen LogP contribution in [0.25, 0.3) is 0 Å². The van der Waals surface area contributed by atoms with Gasteiger partial charge >= 0.3 is 0 Å². The smallest absolute Gasteiger partial charge is 0.227 e. The van der Waals surface area contributed by atoms with E-state index in [1.165, 1.54) is 0 Å². The van der Waals surface area contributed by atoms with E-state index in [4.69, 9.17) is 5.73 Å². The number of anilines is 2. The molecule has 0 aliphatic heterocycles. The molecule has 0 radical (unpaired) electrons. The first-order valence-electron chi connectivity index (χ1n) is 4.40. The van der Waals surface area contributed by atoms with Crippen molar-refractivity contribution >= 4 is 11.8 Å². The highest BCUT2D eigenvalue weighted by molar-refractivity contribution is 5.37. The number of nitrogens with two attached hydrogens (primary N) is 1. The van der Waals surface area contributed by atoms with Gasteiger partial charge in [0.25, 0.3) is 0 Å². The predicted octanol–water partition coefficient (Wildman–Crippen LogP) is 0.266. The predicted molar refractivity (Wildman–Crippen MR) is 56.0 cm³/mol. The second-order valence-electron chi connectivity index (χ2n) is 3.95. The van der Waals surface area contributed by atoms with Crippen molar-refractivity contribution in [2.24, 2.45) is 0 Å². The summed E-state index contributed by atoms with van der Waals surface area (Å²) in [5.74, 6) is 0.949. The number of rotatable bonds is 3. The van der Waals surface area contributed by atoms with Gasteiger partial charge in [0.2, 0.25) is 5.95 Å². The third-order valence-electron chi connectivity index (χ3n) is 1.63. The van der Waals surface area contributed by atoms with Crippen molar-refractivity contribution in [1.29, 1.82) is 0 Å². The Morgan fingerprint density at radius 3 is 2.71 bits per heavy atom. The normalized spacial score (nSPS) is 11.4. The average Bonchev–Trinajstić information content (AvgIpc) is 2.01. The number of nitrogens with zero attached hydrogens (tertiary/aromatic N) is 3. The molecular formula is C9H16N4O. The largest absolute Gasteiger partial charge is 0.389 e. The lowest BCUT2D eigenvalue weighted by Gasteiger charge is -2.25. The van der Waals surface area contributed by atoms with E-state index in [-0.39, 0.29) is 0 Å². The molecule has 0 bridgehead atoms. The minimum Gasteiger partial charge on any atom is -0.389 e. The van der Waals surface area contributed by atoms with Crippen molar-refractivity contribution in [3.8, 4) is 0 Å². The maximum atomic E-state index is 9.59. The zero-order valence-corrected chi connectivity index (χ0v) is 8.73. The van der Waals surface area contributed by atoms with Gasteiger partial charge < -0.3 is 15.7 Å². The van der Waals surface area contributed by atoms with Gasteiger partial charge in [-0.1, -0.05) is 0 Å². The van der Waals surface area contributed by atoms with Crippen LogP contribution in [-0.4, -0.2) is 34.3 Å². The summed E-state index contributed by atoms with van der Waals surface area (Å²) in [6.07, 6.45) is 1.60. The molecule has 1 aromatic heterocycles. The number of hydrogen-bond acceptors (Lipinski definition) is 5. The molecule has 0 saturated carbocycles. The summed E-state index contributed by atoms with van der Waals surface area (Å²) in [5.41, 5.74) is 4.74. The highest BCUT2D eigenvalue weighted by Gasteiger charge is 2.17. The van der Waals surface area contributed by atoms with E-state index in [0.717, 1.165) is 0 Å². The van der Waals surface area contributed by atoms with Gasteiger partial charge in [-0.05, 0) is 19.9 Å². The van der Waals surface area contributed by atoms with Gasteiger partial charge in [-0.3, -0.25) is 0 Å². The Morgan fingerprint density at radius 1 is 1.57 bits per heavy atom. The van der Waals surface area contributed by atoms with Crippen LogP contribution in [0.3, 0.4) is 0 Å². The van der Waals surface area contributed by atoms with Gasteiger partial charge in [-0.25, -0.2) is 4.98 Å². The third kappa shape index (κ3) is 3.18. The standard InChI is InChI=1S/C9H16N4O/c1-9(2,14)6-13(3)8-11-5-4-7(10)12-8/h4-5,14H,6H2,1-3H3,(H2,10,11,12). The van der Waals surface area contributed by atoms with E-state index < -0.39 is 5.60 Å². The summed E-state index contributed by atoms with van der Waals surface area (Å²) >= 11 is 0. The van der Waals surface area contributed by atoms with E-state index >= 15 is 0 Å². The molecule has 1 aromatic rings. The fourth-order valence-electron chi connectivity index (χ4n) is 1.20. The number of nitrogen functional groups attached to an aromatic ring is 1. The molecule has 5 nitrogen and oxygen atoms in total. The lowest BCUT2D eigenvalue weighted by molar-refractivity contribution is 0.0883. The van der Waals surface area contributed by atoms with Crippen LogP contribution in [0, 0.1) is 0 Å². The van der Waals surface area contributed by atoms with E-state index in [9.17, 15) is 5.11 Å². The van der Waals surface area contributed by atoms with Crippen molar-refractivity contribution in [3.63, 3.8) is 0 Å². The third-order valence-corrected chi connectivity index (χ3v) is 1.63. The van der Waals surface area contributed by atoms with E-state index in [0.29, 0.717) is 18.3 Å². The summed E-state index contributed by atoms with van der Waals surface area (Å²) in [6.45, 7) is 3.92. The number of aromatic nitrogens is 2. The number of aliphatic hydroxyl groups is 1. The fraction of sp³-hybridized carbons (Fsp3) is 0.556. The molecular weight excluding hydrogens is 180 g/mol. The van der Waals surface area contributed by atoms with Crippen LogP contribution in [0.1, 0.15) is 13.8 Å². The van der Waals surface area contributed by atoms with Crippen molar-refractivity contribution in [1.82, 2.24) is 9.97 Å². The highest BCUT2D eigenvalue weighted by Crippen LogP contribution is 2.10. The molecule has 0 fully saturated rings. The second-order valence-corrected chi connectivity index (χ2v) is 3.95. The highest BCUT2D eigenvalue weighted by atomic mass is 16.3. The Kier molecular flexibility index (Phi) is 2.90. The zero-order valence-electron chi connectivity index (χ0n) is 8.73. The van der Waals surface area contributed by atoms with Crippen LogP contribution in [0.2, 0.25) is 0 Å². The molecule has 1 heterocycles. The van der Waals surface area contributed by atoms with Crippen molar-refractivity contribution in [3.05, 3.63) is 12.3 Å². The summed E-state index contributed by atoms with van der Waals surface area (Å²) < 4.78 is 0. The molecule has 0 aliphatic carbocycles. The first kappa shape index (κ1) is 10.7. The van der Waals surface area contributed by atoms with Gasteiger partial charge in [-0.15, -0.1) is 0 Å². The van der Waals surface area contributed by atoms with Crippen LogP contribution in [0.5, 0.6) is 0 Å². The van der Waals surface area contributed by atoms with E-state index in [1.807, 2.05) is 7.05 Å². The van der Waals surface area contributed by atoms with Crippen molar-refractivity contribution in [2.75, 3.05) is 24.2 Å². The fourth-order valence-corrected chi connectivity index (χ4v) is 1.20. The minimum atomic E-state index is -0.775. The molecule has 78 valence electrons. The number of hydrogen-bond donors (Lipinski definition) is 2. The van der Waals surface area contributed by atoms with Gasteiger partial charge in [0.05, 0.1) is 5.60 Å². The average molecular weight is 196 g/mol. The summed E-state index contributed by atoms with van der Waals surface area (Å²) in [4.78, 5) is 9.85. The minimum absolute atomic E-state index is 0.428. The quantitative estimate of drug-likeness (QED) is 0.725. The Morgan fingerprint density at radius 2 is 2.21 bits per heavy atom. The van der Waals surface area contributed by atoms with Gasteiger partial charge in [-0.2, -0.15) is 4.98 Å². The van der Waals surface area contributed by atoms with Crippen molar-refractivity contribution < 1.29 is 5.11 Å². The van der Waals surface area contributed by atoms with Crippen LogP contribution < -0.4 is 10.6 Å². The molecule has 0 unspecified atom stereocenters. The zero-order chi connectivity index (χ0) is 10.8. The van der Waals surface area contributed by atoms with E-state index in [1.54, 1.807) is 31.0 Å². The Bertz CT molecular complexity index is 308. The Balaban J connectivity index is 2.74. The number of likely N-dealkylation sites (N-methyl/N-ethyl adjacent to an activating group) is 1. The summed E-state index contributed by atoms with van der Waals surface area (Å²) in [5, 5.41) is 9.59. The van der Waals surface area contributed by atoms with Crippen LogP contribution in [0.4, 0.5) is 11.8 Å². The molecule has 14 heavy (non-hydrogen) atoms. The molecule has 0 spiro atoms. The molecule has 0 aromatic carbocycles. The Labute approximate surface area is 83.6 Å². The first-order chi connectivity index (χ1) is 6.38. The van der Waals surface area contributed by atoms with Crippen LogP contribution in [0.15, 0.2) is 12.3 Å². The lowest BCUT2D eigenvalue weighted by atomic mass is 10.1. The maximum Gasteiger partial charge on any atom is 0.227 e. The molecule has 3 N–H and O–H groups in total. The van der Waals surface area contributed by atoms with Crippen molar-refractivity contribution in [2.45, 2.75) is 19.4 Å². The topological polar surface area (TPSA) is 75.3 Å². The lowest BCUT2D eigenvalue weighted by Crippen LogP contribution is -2.37. The Hall–Kier alpha value is -1.36. The monoisotopic (exact) mass is 196 g/mol. The maximum absolute atomic E-state index is 9.59. The summed E-state index contributed by atoms with van der Waals surface area (Å²) in [6, 6.07) is 1.63. The molecule has 5 heteroatoms. The van der Waals surface area contributed by atoms with Crippen LogP contribution in [-0.2, 0) is 0 Å². The molecule has 0 atom stereocenters. The van der Waals surface area contributed by atoms with Crippen LogP contribution >= 0.6 is 0 Å². The molecule has 0 saturated heterocycles. The summed E-state index contributed by atoms with van der Waals surface area (Å²) in [7, 11) is 1.81. The van der Waals surface area contributed by atoms with Gasteiger partial charge in [0.15, 0.2) is 0 Å². The molecule has 0 aliphatic rings. The van der Waals surface area contributed by atoms with E-state index in [2.05, 4.69) is 9.97 Å². The SMILES string of the molecule is CN(CC(C)(C)O)c1nccc(N)n1. The molecule has 0 amide bonds. The molecule has 1 rings (SSSR count). The van der Waals surface area contributed by atoms with Gasteiger partial charge in [0, 0.05) is 19.8 Å².